The van der Waals surface area contributed by atoms with Crippen molar-refractivity contribution in [3.63, 3.8) is 0 Å². The third-order valence-electron chi connectivity index (χ3n) is 9.03. The van der Waals surface area contributed by atoms with Gasteiger partial charge in [-0.05, 0) is 96.1 Å². The SMILES string of the molecule is COc1cccc(O)c1C=Nc1ccc(OCc2cc3c(cc2COc2ccc(N=Cc4c(O)cccc4OC)cc2)OCCOCCOCCOCCOCCO3)cc1. The van der Waals surface area contributed by atoms with Gasteiger partial charge in [0.1, 0.15) is 60.9 Å². The van der Waals surface area contributed by atoms with E-state index in [1.165, 1.54) is 0 Å². The first-order valence-corrected chi connectivity index (χ1v) is 19.5. The fourth-order valence-electron chi connectivity index (χ4n) is 5.86. The van der Waals surface area contributed by atoms with Crippen LogP contribution in [-0.4, -0.2) is 103 Å². The number of phenolic OH excluding ortho intramolecular Hbond substituents is 2. The minimum Gasteiger partial charge on any atom is -0.507 e. The standard InChI is InChI=1S/C46H50N2O12/c1-51-43-7-3-5-41(49)39(43)29-47-35-9-13-37(14-10-35)59-31-33-27-45-46(58-26-24-56-22-20-54-18-17-53-19-21-55-23-25-57-45)28-34(33)32-60-38-15-11-36(12-16-38)48-30-40-42(50)6-4-8-44(40)52-2/h3-16,27-30,49-50H,17-26,31-32H2,1-2H3. The van der Waals surface area contributed by atoms with E-state index in [1.54, 1.807) is 63.0 Å². The lowest BCUT2D eigenvalue weighted by molar-refractivity contribution is -0.00843. The largest absolute Gasteiger partial charge is 0.507 e. The van der Waals surface area contributed by atoms with Crippen LogP contribution in [-0.2, 0) is 32.2 Å². The van der Waals surface area contributed by atoms with Crippen molar-refractivity contribution >= 4 is 23.8 Å². The van der Waals surface area contributed by atoms with E-state index in [4.69, 9.17) is 47.4 Å². The summed E-state index contributed by atoms with van der Waals surface area (Å²) in [6.45, 7) is 4.37. The minimum absolute atomic E-state index is 0.0715. The summed E-state index contributed by atoms with van der Waals surface area (Å²) in [7, 11) is 3.08. The summed E-state index contributed by atoms with van der Waals surface area (Å²) in [5, 5.41) is 20.6. The van der Waals surface area contributed by atoms with E-state index in [2.05, 4.69) is 9.98 Å². The molecule has 5 aromatic rings. The average molecular weight is 823 g/mol. The van der Waals surface area contributed by atoms with Crippen molar-refractivity contribution in [2.75, 3.05) is 80.3 Å². The van der Waals surface area contributed by atoms with Crippen LogP contribution in [0.3, 0.4) is 0 Å². The highest BCUT2D eigenvalue weighted by molar-refractivity contribution is 5.89. The Hall–Kier alpha value is -6.32. The fraction of sp³-hybridized carbons (Fsp3) is 0.304. The Morgan fingerprint density at radius 3 is 1.23 bits per heavy atom. The zero-order chi connectivity index (χ0) is 41.8. The Balaban J connectivity index is 1.19. The van der Waals surface area contributed by atoms with Gasteiger partial charge in [-0.2, -0.15) is 0 Å². The molecule has 6 rings (SSSR count). The number of hydrogen-bond acceptors (Lipinski definition) is 14. The number of nitrogens with zero attached hydrogens (tertiary/aromatic N) is 2. The molecule has 14 nitrogen and oxygen atoms in total. The van der Waals surface area contributed by atoms with Crippen molar-refractivity contribution in [3.05, 3.63) is 119 Å². The molecular formula is C46H50N2O12. The molecule has 316 valence electrons. The quantitative estimate of drug-likeness (QED) is 0.119. The van der Waals surface area contributed by atoms with Crippen LogP contribution in [0.15, 0.2) is 107 Å². The predicted octanol–water partition coefficient (Wildman–Crippen LogP) is 7.61. The first kappa shape index (κ1) is 43.3. The van der Waals surface area contributed by atoms with Crippen molar-refractivity contribution in [1.82, 2.24) is 0 Å². The maximum absolute atomic E-state index is 10.3. The molecule has 0 fully saturated rings. The van der Waals surface area contributed by atoms with Crippen LogP contribution >= 0.6 is 0 Å². The Kier molecular flexibility index (Phi) is 16.8. The lowest BCUT2D eigenvalue weighted by atomic mass is 10.1. The molecule has 0 amide bonds. The number of rotatable bonds is 12. The van der Waals surface area contributed by atoms with Gasteiger partial charge in [0, 0.05) is 12.4 Å². The Morgan fingerprint density at radius 2 is 0.867 bits per heavy atom. The topological polar surface area (TPSA) is 157 Å². The van der Waals surface area contributed by atoms with Gasteiger partial charge in [-0.3, -0.25) is 9.98 Å². The number of hydrogen-bond donors (Lipinski definition) is 2. The van der Waals surface area contributed by atoms with Crippen molar-refractivity contribution in [1.29, 1.82) is 0 Å². The summed E-state index contributed by atoms with van der Waals surface area (Å²) in [6, 6.07) is 28.5. The van der Waals surface area contributed by atoms with Crippen LogP contribution in [0.1, 0.15) is 22.3 Å². The van der Waals surface area contributed by atoms with Crippen molar-refractivity contribution in [3.8, 4) is 46.0 Å². The molecule has 1 aliphatic heterocycles. The van der Waals surface area contributed by atoms with Gasteiger partial charge in [0.25, 0.3) is 0 Å². The highest BCUT2D eigenvalue weighted by atomic mass is 16.6. The highest BCUT2D eigenvalue weighted by Gasteiger charge is 2.16. The van der Waals surface area contributed by atoms with Gasteiger partial charge in [0.15, 0.2) is 11.5 Å². The van der Waals surface area contributed by atoms with E-state index in [0.717, 1.165) is 11.1 Å². The molecule has 60 heavy (non-hydrogen) atoms. The lowest BCUT2D eigenvalue weighted by Crippen LogP contribution is -2.16. The number of ether oxygens (including phenoxy) is 10. The van der Waals surface area contributed by atoms with Crippen LogP contribution in [0.2, 0.25) is 0 Å². The molecule has 0 saturated heterocycles. The van der Waals surface area contributed by atoms with Crippen molar-refractivity contribution in [2.24, 2.45) is 9.98 Å². The first-order chi connectivity index (χ1) is 29.5. The molecule has 0 saturated carbocycles. The number of benzene rings is 5. The highest BCUT2D eigenvalue weighted by Crippen LogP contribution is 2.34. The summed E-state index contributed by atoms with van der Waals surface area (Å²) < 4.78 is 58.3. The second-order valence-electron chi connectivity index (χ2n) is 13.1. The second kappa shape index (κ2) is 23.3. The van der Waals surface area contributed by atoms with Crippen molar-refractivity contribution < 1.29 is 57.6 Å². The zero-order valence-corrected chi connectivity index (χ0v) is 33.7. The van der Waals surface area contributed by atoms with E-state index >= 15 is 0 Å². The summed E-state index contributed by atoms with van der Waals surface area (Å²) >= 11 is 0. The van der Waals surface area contributed by atoms with Crippen LogP contribution in [0.5, 0.6) is 46.0 Å². The number of aliphatic imine (C=N–C) groups is 2. The third-order valence-corrected chi connectivity index (χ3v) is 9.03. The van der Waals surface area contributed by atoms with Gasteiger partial charge in [-0.15, -0.1) is 0 Å². The maximum Gasteiger partial charge on any atom is 0.161 e. The molecule has 0 atom stereocenters. The molecule has 14 heteroatoms. The van der Waals surface area contributed by atoms with Crippen molar-refractivity contribution in [2.45, 2.75) is 13.2 Å². The predicted molar refractivity (Wildman–Crippen MR) is 226 cm³/mol. The molecule has 1 heterocycles. The third kappa shape index (κ3) is 13.1. The number of phenols is 2. The van der Waals surface area contributed by atoms with E-state index in [0.29, 0.717) is 110 Å². The Labute approximate surface area is 349 Å². The summed E-state index contributed by atoms with van der Waals surface area (Å²) in [6.07, 6.45) is 3.13. The first-order valence-electron chi connectivity index (χ1n) is 19.5. The van der Waals surface area contributed by atoms with Gasteiger partial charge in [-0.1, -0.05) is 12.1 Å². The summed E-state index contributed by atoms with van der Waals surface area (Å²) in [4.78, 5) is 9.02. The van der Waals surface area contributed by atoms with E-state index in [-0.39, 0.29) is 37.9 Å². The van der Waals surface area contributed by atoms with Gasteiger partial charge in [0.2, 0.25) is 0 Å². The van der Waals surface area contributed by atoms with E-state index in [1.807, 2.05) is 60.7 Å². The van der Waals surface area contributed by atoms with Crippen LogP contribution in [0.4, 0.5) is 11.4 Å². The summed E-state index contributed by atoms with van der Waals surface area (Å²) in [5.41, 5.74) is 3.92. The van der Waals surface area contributed by atoms with Gasteiger partial charge < -0.3 is 57.6 Å². The maximum atomic E-state index is 10.3. The van der Waals surface area contributed by atoms with Crippen LogP contribution in [0.25, 0.3) is 0 Å². The number of aromatic hydroxyl groups is 2. The van der Waals surface area contributed by atoms with E-state index in [9.17, 15) is 10.2 Å². The molecule has 0 aromatic heterocycles. The molecule has 0 bridgehead atoms. The molecule has 0 radical (unpaired) electrons. The lowest BCUT2D eigenvalue weighted by Gasteiger charge is -2.19. The molecule has 2 N–H and O–H groups in total. The molecule has 1 aliphatic rings. The Morgan fingerprint density at radius 1 is 0.500 bits per heavy atom. The fourth-order valence-corrected chi connectivity index (χ4v) is 5.86. The smallest absolute Gasteiger partial charge is 0.161 e. The number of fused-ring (bicyclic) bond motifs is 1. The van der Waals surface area contributed by atoms with Crippen LogP contribution in [0, 0.1) is 0 Å². The molecule has 0 unspecified atom stereocenters. The minimum atomic E-state index is 0.0715. The zero-order valence-electron chi connectivity index (χ0n) is 33.7. The number of methoxy groups -OCH3 is 2. The Bertz CT molecular complexity index is 1990. The van der Waals surface area contributed by atoms with Gasteiger partial charge in [0.05, 0.1) is 89.6 Å². The van der Waals surface area contributed by atoms with Crippen LogP contribution < -0.4 is 28.4 Å². The molecule has 0 aliphatic carbocycles. The monoisotopic (exact) mass is 822 g/mol. The second-order valence-corrected chi connectivity index (χ2v) is 13.1. The average Bonchev–Trinajstić information content (AvgIpc) is 3.27. The molecular weight excluding hydrogens is 773 g/mol. The van der Waals surface area contributed by atoms with Gasteiger partial charge in [-0.25, -0.2) is 0 Å². The normalized spacial score (nSPS) is 14.6. The molecule has 5 aromatic carbocycles. The summed E-state index contributed by atoms with van der Waals surface area (Å²) in [5.74, 6) is 3.45. The van der Waals surface area contributed by atoms with E-state index < -0.39 is 0 Å². The molecule has 0 spiro atoms. The van der Waals surface area contributed by atoms with Gasteiger partial charge >= 0.3 is 0 Å².